The number of hydrogen-bond acceptors (Lipinski definition) is 5. The maximum atomic E-state index is 12.1. The second-order valence-electron chi connectivity index (χ2n) is 6.78. The van der Waals surface area contributed by atoms with E-state index < -0.39 is 0 Å². The molecular formula is C21H24N4OS. The number of rotatable bonds is 5. The number of aromatic nitrogens is 2. The van der Waals surface area contributed by atoms with E-state index >= 15 is 0 Å². The number of thioether (sulfide) groups is 1. The van der Waals surface area contributed by atoms with E-state index in [-0.39, 0.29) is 5.91 Å². The van der Waals surface area contributed by atoms with Crippen molar-refractivity contribution in [2.45, 2.75) is 56.9 Å². The van der Waals surface area contributed by atoms with E-state index in [4.69, 9.17) is 4.98 Å². The second kappa shape index (κ2) is 9.52. The molecule has 0 radical (unpaired) electrons. The van der Waals surface area contributed by atoms with Crippen molar-refractivity contribution in [3.63, 3.8) is 0 Å². The minimum Gasteiger partial charge on any atom is -0.311 e. The van der Waals surface area contributed by atoms with Crippen LogP contribution in [0.3, 0.4) is 0 Å². The summed E-state index contributed by atoms with van der Waals surface area (Å²) in [5, 5.41) is 13.0. The lowest BCUT2D eigenvalue weighted by Crippen LogP contribution is -2.13. The summed E-state index contributed by atoms with van der Waals surface area (Å²) in [6.45, 7) is 1.89. The van der Waals surface area contributed by atoms with E-state index in [1.54, 1.807) is 6.07 Å². The molecule has 0 aliphatic heterocycles. The van der Waals surface area contributed by atoms with E-state index in [0.717, 1.165) is 35.7 Å². The van der Waals surface area contributed by atoms with E-state index in [1.807, 2.05) is 25.1 Å². The zero-order valence-electron chi connectivity index (χ0n) is 15.6. The van der Waals surface area contributed by atoms with Crippen molar-refractivity contribution in [1.29, 1.82) is 5.26 Å². The molecule has 0 saturated carbocycles. The van der Waals surface area contributed by atoms with Crippen LogP contribution in [0.2, 0.25) is 0 Å². The number of aryl methyl sites for hydroxylation is 3. The first-order chi connectivity index (χ1) is 13.2. The third kappa shape index (κ3) is 5.54. The third-order valence-electron chi connectivity index (χ3n) is 4.61. The highest BCUT2D eigenvalue weighted by Gasteiger charge is 2.14. The molecule has 0 saturated heterocycles. The number of nitrogens with zero attached hydrogens (tertiary/aromatic N) is 3. The Kier molecular flexibility index (Phi) is 6.83. The molecule has 140 valence electrons. The molecular weight excluding hydrogens is 356 g/mol. The van der Waals surface area contributed by atoms with Crippen molar-refractivity contribution in [2.75, 3.05) is 11.1 Å². The summed E-state index contributed by atoms with van der Waals surface area (Å²) < 4.78 is 0. The number of carbonyl (C=O) groups is 1. The minimum absolute atomic E-state index is 0.0784. The number of pyridine rings is 2. The van der Waals surface area contributed by atoms with Crippen molar-refractivity contribution >= 4 is 23.5 Å². The van der Waals surface area contributed by atoms with Crippen LogP contribution in [-0.4, -0.2) is 21.6 Å². The van der Waals surface area contributed by atoms with Crippen LogP contribution in [0, 0.1) is 18.3 Å². The van der Waals surface area contributed by atoms with Gasteiger partial charge in [0.1, 0.15) is 16.9 Å². The molecule has 1 amide bonds. The Labute approximate surface area is 164 Å². The molecule has 0 unspecified atom stereocenters. The summed E-state index contributed by atoms with van der Waals surface area (Å²) in [4.78, 5) is 21.2. The Bertz CT molecular complexity index is 860. The number of nitriles is 1. The lowest BCUT2D eigenvalue weighted by Gasteiger charge is -2.15. The molecule has 0 aromatic carbocycles. The summed E-state index contributed by atoms with van der Waals surface area (Å²) >= 11 is 1.48. The fourth-order valence-electron chi connectivity index (χ4n) is 3.22. The van der Waals surface area contributed by atoms with Gasteiger partial charge in [-0.1, -0.05) is 18.9 Å². The second-order valence-corrected chi connectivity index (χ2v) is 7.87. The molecule has 3 rings (SSSR count). The summed E-state index contributed by atoms with van der Waals surface area (Å²) in [6.07, 6.45) is 7.16. The van der Waals surface area contributed by atoms with Crippen LogP contribution in [0.5, 0.6) is 0 Å². The highest BCUT2D eigenvalue weighted by Crippen LogP contribution is 2.27. The molecule has 6 heteroatoms. The van der Waals surface area contributed by atoms with Crippen molar-refractivity contribution in [3.8, 4) is 6.07 Å². The van der Waals surface area contributed by atoms with Crippen LogP contribution in [0.15, 0.2) is 29.3 Å². The van der Waals surface area contributed by atoms with Gasteiger partial charge in [0, 0.05) is 23.6 Å². The SMILES string of the molecule is Cc1cccc(NC(=O)CCSc2nc3c(cc2C#N)CCCCCC3)n1. The molecule has 27 heavy (non-hydrogen) atoms. The zero-order valence-corrected chi connectivity index (χ0v) is 16.4. The molecule has 1 aliphatic rings. The molecule has 1 aliphatic carbocycles. The normalized spacial score (nSPS) is 13.8. The first kappa shape index (κ1) is 19.4. The Hall–Kier alpha value is -2.39. The molecule has 0 fully saturated rings. The number of fused-ring (bicyclic) bond motifs is 1. The van der Waals surface area contributed by atoms with Crippen LogP contribution in [0.25, 0.3) is 0 Å². The van der Waals surface area contributed by atoms with E-state index in [9.17, 15) is 10.1 Å². The van der Waals surface area contributed by atoms with Crippen molar-refractivity contribution < 1.29 is 4.79 Å². The number of nitrogens with one attached hydrogen (secondary N) is 1. The monoisotopic (exact) mass is 380 g/mol. The zero-order chi connectivity index (χ0) is 19.1. The standard InChI is InChI=1S/C21H24N4OS/c1-15-7-6-10-19(23-15)25-20(26)11-12-27-21-17(14-22)13-16-8-4-2-3-5-9-18(16)24-21/h6-7,10,13H,2-5,8-9,11-12H2,1H3,(H,23,25,26). The molecule has 0 atom stereocenters. The van der Waals surface area contributed by atoms with Crippen LogP contribution in [0.4, 0.5) is 5.82 Å². The lowest BCUT2D eigenvalue weighted by molar-refractivity contribution is -0.115. The number of amides is 1. The molecule has 5 nitrogen and oxygen atoms in total. The van der Waals surface area contributed by atoms with Gasteiger partial charge in [-0.3, -0.25) is 4.79 Å². The molecule has 2 aromatic rings. The first-order valence-electron chi connectivity index (χ1n) is 9.45. The van der Waals surface area contributed by atoms with Gasteiger partial charge in [0.15, 0.2) is 0 Å². The van der Waals surface area contributed by atoms with Crippen LogP contribution >= 0.6 is 11.8 Å². The first-order valence-corrected chi connectivity index (χ1v) is 10.4. The maximum Gasteiger partial charge on any atom is 0.226 e. The average molecular weight is 381 g/mol. The van der Waals surface area contributed by atoms with Gasteiger partial charge in [-0.05, 0) is 56.4 Å². The highest BCUT2D eigenvalue weighted by molar-refractivity contribution is 7.99. The van der Waals surface area contributed by atoms with Crippen molar-refractivity contribution in [2.24, 2.45) is 0 Å². The molecule has 0 bridgehead atoms. The summed E-state index contributed by atoms with van der Waals surface area (Å²) in [5.74, 6) is 1.07. The lowest BCUT2D eigenvalue weighted by atomic mass is 9.96. The van der Waals surface area contributed by atoms with E-state index in [1.165, 1.54) is 36.6 Å². The third-order valence-corrected chi connectivity index (χ3v) is 5.60. The molecule has 0 spiro atoms. The molecule has 2 heterocycles. The van der Waals surface area contributed by atoms with Gasteiger partial charge in [0.2, 0.25) is 5.91 Å². The number of anilines is 1. The quantitative estimate of drug-likeness (QED) is 0.776. The van der Waals surface area contributed by atoms with Crippen LogP contribution in [-0.2, 0) is 17.6 Å². The predicted molar refractivity (Wildman–Crippen MR) is 108 cm³/mol. The van der Waals surface area contributed by atoms with Crippen molar-refractivity contribution in [1.82, 2.24) is 9.97 Å². The predicted octanol–water partition coefficient (Wildman–Crippen LogP) is 4.44. The van der Waals surface area contributed by atoms with Crippen LogP contribution < -0.4 is 5.32 Å². The fraction of sp³-hybridized carbons (Fsp3) is 0.429. The Morgan fingerprint density at radius 1 is 1.22 bits per heavy atom. The van der Waals surface area contributed by atoms with Gasteiger partial charge in [-0.25, -0.2) is 9.97 Å². The van der Waals surface area contributed by atoms with Gasteiger partial charge in [-0.15, -0.1) is 11.8 Å². The minimum atomic E-state index is -0.0784. The topological polar surface area (TPSA) is 78.7 Å². The summed E-state index contributed by atoms with van der Waals surface area (Å²) in [5.41, 5.74) is 3.84. The largest absolute Gasteiger partial charge is 0.311 e. The Morgan fingerprint density at radius 3 is 2.81 bits per heavy atom. The van der Waals surface area contributed by atoms with Gasteiger partial charge in [0.25, 0.3) is 0 Å². The number of hydrogen-bond donors (Lipinski definition) is 1. The van der Waals surface area contributed by atoms with Crippen molar-refractivity contribution in [3.05, 3.63) is 46.8 Å². The Balaban J connectivity index is 1.60. The smallest absolute Gasteiger partial charge is 0.226 e. The number of carbonyl (C=O) groups excluding carboxylic acids is 1. The highest BCUT2D eigenvalue weighted by atomic mass is 32.2. The van der Waals surface area contributed by atoms with E-state index in [2.05, 4.69) is 16.4 Å². The summed E-state index contributed by atoms with van der Waals surface area (Å²) in [6, 6.07) is 9.82. The van der Waals surface area contributed by atoms with Gasteiger partial charge >= 0.3 is 0 Å². The maximum absolute atomic E-state index is 12.1. The Morgan fingerprint density at radius 2 is 2.04 bits per heavy atom. The van der Waals surface area contributed by atoms with Gasteiger partial charge in [-0.2, -0.15) is 5.26 Å². The molecule has 2 aromatic heterocycles. The average Bonchev–Trinajstić information content (AvgIpc) is 2.62. The van der Waals surface area contributed by atoms with E-state index in [0.29, 0.717) is 23.6 Å². The summed E-state index contributed by atoms with van der Waals surface area (Å²) in [7, 11) is 0. The van der Waals surface area contributed by atoms with Crippen LogP contribution in [0.1, 0.15) is 54.6 Å². The van der Waals surface area contributed by atoms with Gasteiger partial charge in [0.05, 0.1) is 5.56 Å². The van der Waals surface area contributed by atoms with Gasteiger partial charge < -0.3 is 5.32 Å². The molecule has 1 N–H and O–H groups in total. The fourth-order valence-corrected chi connectivity index (χ4v) is 4.13.